The molecule has 0 saturated heterocycles. The molecule has 3 nitrogen and oxygen atoms in total. The standard InChI is InChI=1S/C16H18Cl2N2OS/c1-11(12-3-5-13(17)6-4-12)19-16(21)10-20(2)9-14-7-8-15(18)22-14/h3-8,11H,9-10H2,1-2H3,(H,19,21)/t11-/m1/s1. The van der Waals surface area contributed by atoms with E-state index in [1.165, 1.54) is 11.3 Å². The van der Waals surface area contributed by atoms with Crippen LogP contribution in [0.15, 0.2) is 36.4 Å². The fourth-order valence-electron chi connectivity index (χ4n) is 2.13. The number of thiophene rings is 1. The lowest BCUT2D eigenvalue weighted by Crippen LogP contribution is -2.36. The zero-order valence-corrected chi connectivity index (χ0v) is 14.8. The molecule has 0 aliphatic carbocycles. The highest BCUT2D eigenvalue weighted by atomic mass is 35.5. The molecule has 0 saturated carbocycles. The average Bonchev–Trinajstić information content (AvgIpc) is 2.84. The van der Waals surface area contributed by atoms with Crippen LogP contribution >= 0.6 is 34.5 Å². The summed E-state index contributed by atoms with van der Waals surface area (Å²) >= 11 is 13.3. The smallest absolute Gasteiger partial charge is 0.234 e. The second-order valence-electron chi connectivity index (χ2n) is 5.22. The predicted octanol–water partition coefficient (Wildman–Crippen LogP) is 4.36. The zero-order valence-electron chi connectivity index (χ0n) is 12.5. The molecule has 0 fully saturated rings. The molecule has 0 aliphatic heterocycles. The maximum atomic E-state index is 12.1. The van der Waals surface area contributed by atoms with Crippen LogP contribution in [0.2, 0.25) is 9.36 Å². The Labute approximate surface area is 144 Å². The molecule has 1 amide bonds. The number of amides is 1. The van der Waals surface area contributed by atoms with Gasteiger partial charge in [-0.05, 0) is 43.8 Å². The number of benzene rings is 1. The van der Waals surface area contributed by atoms with E-state index in [1.54, 1.807) is 0 Å². The van der Waals surface area contributed by atoms with Crippen LogP contribution in [0.4, 0.5) is 0 Å². The molecule has 0 radical (unpaired) electrons. The Balaban J connectivity index is 1.82. The van der Waals surface area contributed by atoms with E-state index in [0.29, 0.717) is 18.1 Å². The lowest BCUT2D eigenvalue weighted by atomic mass is 10.1. The van der Waals surface area contributed by atoms with Gasteiger partial charge >= 0.3 is 0 Å². The fourth-order valence-corrected chi connectivity index (χ4v) is 3.42. The van der Waals surface area contributed by atoms with Crippen molar-refractivity contribution < 1.29 is 4.79 Å². The molecule has 1 aromatic carbocycles. The molecule has 0 aliphatic rings. The predicted molar refractivity (Wildman–Crippen MR) is 93.7 cm³/mol. The van der Waals surface area contributed by atoms with Gasteiger partial charge in [-0.2, -0.15) is 0 Å². The Morgan fingerprint density at radius 3 is 2.50 bits per heavy atom. The first kappa shape index (κ1) is 17.3. The molecular weight excluding hydrogens is 339 g/mol. The second-order valence-corrected chi connectivity index (χ2v) is 7.45. The van der Waals surface area contributed by atoms with Gasteiger partial charge in [0, 0.05) is 16.4 Å². The summed E-state index contributed by atoms with van der Waals surface area (Å²) in [5.74, 6) is -0.00685. The molecule has 6 heteroatoms. The number of halogens is 2. The van der Waals surface area contributed by atoms with Crippen molar-refractivity contribution >= 4 is 40.4 Å². The van der Waals surface area contributed by atoms with Gasteiger partial charge in [0.25, 0.3) is 0 Å². The highest BCUT2D eigenvalue weighted by Gasteiger charge is 2.12. The van der Waals surface area contributed by atoms with Crippen LogP contribution in [0.3, 0.4) is 0 Å². The molecule has 1 atom stereocenters. The van der Waals surface area contributed by atoms with Crippen molar-refractivity contribution in [3.63, 3.8) is 0 Å². The molecule has 2 rings (SSSR count). The van der Waals surface area contributed by atoms with E-state index in [0.717, 1.165) is 14.8 Å². The molecule has 1 heterocycles. The normalized spacial score (nSPS) is 12.4. The van der Waals surface area contributed by atoms with E-state index >= 15 is 0 Å². The third-order valence-electron chi connectivity index (χ3n) is 3.22. The maximum absolute atomic E-state index is 12.1. The van der Waals surface area contributed by atoms with Crippen LogP contribution in [-0.2, 0) is 11.3 Å². The summed E-state index contributed by atoms with van der Waals surface area (Å²) in [6.07, 6.45) is 0. The first-order valence-electron chi connectivity index (χ1n) is 6.91. The Morgan fingerprint density at radius 2 is 1.91 bits per heavy atom. The van der Waals surface area contributed by atoms with E-state index in [-0.39, 0.29) is 11.9 Å². The van der Waals surface area contributed by atoms with Crippen LogP contribution < -0.4 is 5.32 Å². The molecule has 22 heavy (non-hydrogen) atoms. The van der Waals surface area contributed by atoms with Crippen molar-refractivity contribution in [1.29, 1.82) is 0 Å². The van der Waals surface area contributed by atoms with Crippen molar-refractivity contribution in [2.75, 3.05) is 13.6 Å². The number of likely N-dealkylation sites (N-methyl/N-ethyl adjacent to an activating group) is 1. The van der Waals surface area contributed by atoms with Gasteiger partial charge in [-0.1, -0.05) is 35.3 Å². The number of nitrogens with zero attached hydrogens (tertiary/aromatic N) is 1. The molecule has 0 unspecified atom stereocenters. The monoisotopic (exact) mass is 356 g/mol. The summed E-state index contributed by atoms with van der Waals surface area (Å²) in [6.45, 7) is 3.01. The molecule has 0 bridgehead atoms. The van der Waals surface area contributed by atoms with E-state index in [1.807, 2.05) is 55.3 Å². The number of hydrogen-bond donors (Lipinski definition) is 1. The largest absolute Gasteiger partial charge is 0.348 e. The third-order valence-corrected chi connectivity index (χ3v) is 4.68. The topological polar surface area (TPSA) is 32.3 Å². The number of carbonyl (C=O) groups is 1. The van der Waals surface area contributed by atoms with Gasteiger partial charge in [0.05, 0.1) is 16.9 Å². The quantitative estimate of drug-likeness (QED) is 0.833. The molecule has 118 valence electrons. The Bertz CT molecular complexity index is 627. The highest BCUT2D eigenvalue weighted by molar-refractivity contribution is 7.16. The van der Waals surface area contributed by atoms with Gasteiger partial charge in [-0.15, -0.1) is 11.3 Å². The fraction of sp³-hybridized carbons (Fsp3) is 0.312. The van der Waals surface area contributed by atoms with Gasteiger partial charge in [-0.3, -0.25) is 9.69 Å². The molecule has 0 spiro atoms. The van der Waals surface area contributed by atoms with Crippen LogP contribution in [0, 0.1) is 0 Å². The summed E-state index contributed by atoms with van der Waals surface area (Å²) in [4.78, 5) is 15.2. The lowest BCUT2D eigenvalue weighted by molar-refractivity contribution is -0.122. The summed E-state index contributed by atoms with van der Waals surface area (Å²) in [5, 5.41) is 3.68. The summed E-state index contributed by atoms with van der Waals surface area (Å²) < 4.78 is 0.768. The molecule has 2 aromatic rings. The first-order valence-corrected chi connectivity index (χ1v) is 8.49. The van der Waals surface area contributed by atoms with Gasteiger partial charge in [-0.25, -0.2) is 0 Å². The van der Waals surface area contributed by atoms with Crippen LogP contribution in [0.25, 0.3) is 0 Å². The van der Waals surface area contributed by atoms with Gasteiger partial charge in [0.15, 0.2) is 0 Å². The minimum Gasteiger partial charge on any atom is -0.348 e. The number of hydrogen-bond acceptors (Lipinski definition) is 3. The number of rotatable bonds is 6. The van der Waals surface area contributed by atoms with E-state index < -0.39 is 0 Å². The molecule has 1 aromatic heterocycles. The van der Waals surface area contributed by atoms with Gasteiger partial charge in [0.1, 0.15) is 0 Å². The van der Waals surface area contributed by atoms with Crippen molar-refractivity contribution in [1.82, 2.24) is 10.2 Å². The SMILES string of the molecule is C[C@@H](NC(=O)CN(C)Cc1ccc(Cl)s1)c1ccc(Cl)cc1. The number of carbonyl (C=O) groups excluding carboxylic acids is 1. The van der Waals surface area contributed by atoms with Crippen LogP contribution in [0.5, 0.6) is 0 Å². The minimum absolute atomic E-state index is 0.00685. The van der Waals surface area contributed by atoms with Gasteiger partial charge in [0.2, 0.25) is 5.91 Å². The third kappa shape index (κ3) is 5.29. The molecular formula is C16H18Cl2N2OS. The zero-order chi connectivity index (χ0) is 16.1. The van der Waals surface area contributed by atoms with Crippen LogP contribution in [0.1, 0.15) is 23.4 Å². The van der Waals surface area contributed by atoms with E-state index in [2.05, 4.69) is 5.32 Å². The average molecular weight is 357 g/mol. The van der Waals surface area contributed by atoms with Crippen molar-refractivity contribution in [2.24, 2.45) is 0 Å². The van der Waals surface area contributed by atoms with Gasteiger partial charge < -0.3 is 5.32 Å². The van der Waals surface area contributed by atoms with E-state index in [4.69, 9.17) is 23.2 Å². The Kier molecular flexibility index (Phi) is 6.26. The molecule has 1 N–H and O–H groups in total. The Morgan fingerprint density at radius 1 is 1.23 bits per heavy atom. The Hall–Kier alpha value is -1.07. The first-order chi connectivity index (χ1) is 10.4. The number of nitrogens with one attached hydrogen (secondary N) is 1. The van der Waals surface area contributed by atoms with Crippen molar-refractivity contribution in [2.45, 2.75) is 19.5 Å². The highest BCUT2D eigenvalue weighted by Crippen LogP contribution is 2.22. The van der Waals surface area contributed by atoms with Crippen molar-refractivity contribution in [3.05, 3.63) is 56.2 Å². The summed E-state index contributed by atoms with van der Waals surface area (Å²) in [7, 11) is 1.92. The second kappa shape index (κ2) is 7.97. The van der Waals surface area contributed by atoms with E-state index in [9.17, 15) is 4.79 Å². The lowest BCUT2D eigenvalue weighted by Gasteiger charge is -2.18. The van der Waals surface area contributed by atoms with Crippen molar-refractivity contribution in [3.8, 4) is 0 Å². The summed E-state index contributed by atoms with van der Waals surface area (Å²) in [6, 6.07) is 11.3. The van der Waals surface area contributed by atoms with Crippen LogP contribution in [-0.4, -0.2) is 24.4 Å². The summed E-state index contributed by atoms with van der Waals surface area (Å²) in [5.41, 5.74) is 1.03. The maximum Gasteiger partial charge on any atom is 0.234 e. The minimum atomic E-state index is -0.0469.